The summed E-state index contributed by atoms with van der Waals surface area (Å²) < 4.78 is 16.2. The highest BCUT2D eigenvalue weighted by molar-refractivity contribution is 7.12. The number of amides is 2. The van der Waals surface area contributed by atoms with Gasteiger partial charge in [-0.2, -0.15) is 5.10 Å². The molecule has 34 heavy (non-hydrogen) atoms. The van der Waals surface area contributed by atoms with Gasteiger partial charge in [0.05, 0.1) is 25.1 Å². The van der Waals surface area contributed by atoms with E-state index in [0.717, 1.165) is 0 Å². The van der Waals surface area contributed by atoms with Gasteiger partial charge in [-0.3, -0.25) is 9.59 Å². The number of nitrogens with zero attached hydrogens (tertiary/aromatic N) is 1. The van der Waals surface area contributed by atoms with E-state index in [1.807, 2.05) is 6.92 Å². The van der Waals surface area contributed by atoms with Crippen LogP contribution in [0.2, 0.25) is 0 Å². The van der Waals surface area contributed by atoms with Crippen LogP contribution in [0.15, 0.2) is 65.1 Å². The molecule has 0 bridgehead atoms. The molecule has 0 saturated carbocycles. The molecular formula is C24H23N3O6S. The van der Waals surface area contributed by atoms with Crippen molar-refractivity contribution in [1.29, 1.82) is 0 Å². The van der Waals surface area contributed by atoms with E-state index in [0.29, 0.717) is 39.9 Å². The topological polar surface area (TPSA) is 115 Å². The van der Waals surface area contributed by atoms with E-state index in [4.69, 9.17) is 14.2 Å². The maximum atomic E-state index is 12.2. The number of anilines is 1. The van der Waals surface area contributed by atoms with Gasteiger partial charge in [0.15, 0.2) is 11.5 Å². The van der Waals surface area contributed by atoms with Gasteiger partial charge in [0.25, 0.3) is 0 Å². The molecule has 0 spiro atoms. The average molecular weight is 482 g/mol. The van der Waals surface area contributed by atoms with Crippen molar-refractivity contribution in [1.82, 2.24) is 5.43 Å². The summed E-state index contributed by atoms with van der Waals surface area (Å²) in [6.45, 7) is 3.88. The lowest BCUT2D eigenvalue weighted by molar-refractivity contribution is -0.136. The summed E-state index contributed by atoms with van der Waals surface area (Å²) >= 11 is 1.27. The van der Waals surface area contributed by atoms with Gasteiger partial charge < -0.3 is 19.5 Å². The molecule has 0 unspecified atom stereocenters. The quantitative estimate of drug-likeness (QED) is 0.166. The fourth-order valence-corrected chi connectivity index (χ4v) is 3.40. The van der Waals surface area contributed by atoms with Crippen molar-refractivity contribution in [2.75, 3.05) is 19.0 Å². The largest absolute Gasteiger partial charge is 0.493 e. The minimum atomic E-state index is -0.945. The van der Waals surface area contributed by atoms with Crippen LogP contribution in [-0.4, -0.2) is 37.2 Å². The van der Waals surface area contributed by atoms with Gasteiger partial charge in [0, 0.05) is 5.56 Å². The van der Waals surface area contributed by atoms with Crippen LogP contribution in [0.4, 0.5) is 5.69 Å². The van der Waals surface area contributed by atoms with E-state index >= 15 is 0 Å². The van der Waals surface area contributed by atoms with Crippen LogP contribution in [0.3, 0.4) is 0 Å². The number of nitrogens with one attached hydrogen (secondary N) is 2. The molecule has 0 aliphatic heterocycles. The molecular weight excluding hydrogens is 458 g/mol. The Kier molecular flexibility index (Phi) is 8.36. The predicted octanol–water partition coefficient (Wildman–Crippen LogP) is 3.85. The first-order valence-corrected chi connectivity index (χ1v) is 11.1. The Morgan fingerprint density at radius 2 is 1.76 bits per heavy atom. The summed E-state index contributed by atoms with van der Waals surface area (Å²) in [7, 11) is 1.44. The van der Waals surface area contributed by atoms with E-state index in [-0.39, 0.29) is 5.75 Å². The Hall–Kier alpha value is -4.18. The summed E-state index contributed by atoms with van der Waals surface area (Å²) in [5, 5.41) is 8.27. The van der Waals surface area contributed by atoms with Gasteiger partial charge in [-0.1, -0.05) is 18.2 Å². The molecule has 9 nitrogen and oxygen atoms in total. The van der Waals surface area contributed by atoms with E-state index in [1.165, 1.54) is 18.4 Å². The van der Waals surface area contributed by atoms with Crippen molar-refractivity contribution in [2.45, 2.75) is 13.8 Å². The number of methoxy groups -OCH3 is 1. The number of carbonyl (C=O) groups excluding carboxylic acids is 3. The van der Waals surface area contributed by atoms with Crippen LogP contribution in [0.1, 0.15) is 29.1 Å². The first kappa shape index (κ1) is 24.5. The highest BCUT2D eigenvalue weighted by Crippen LogP contribution is 2.29. The van der Waals surface area contributed by atoms with Crippen molar-refractivity contribution in [3.05, 3.63) is 70.4 Å². The van der Waals surface area contributed by atoms with Gasteiger partial charge in [0.1, 0.15) is 10.6 Å². The normalized spacial score (nSPS) is 10.9. The first-order chi connectivity index (χ1) is 16.4. The molecule has 3 aromatic rings. The molecule has 2 aromatic carbocycles. The van der Waals surface area contributed by atoms with Gasteiger partial charge in [-0.15, -0.1) is 11.3 Å². The van der Waals surface area contributed by atoms with E-state index in [1.54, 1.807) is 66.9 Å². The van der Waals surface area contributed by atoms with Crippen LogP contribution in [-0.2, 0) is 9.59 Å². The standard InChI is InChI=1S/C24H23N3O6S/c1-4-32-18-9-6-5-8-17(18)25-22(28)23(29)27-26-15(2)16-11-12-19(20(14-16)31-3)33-24(30)21-10-7-13-34-21/h5-14H,4H2,1-3H3,(H,25,28)(H,27,29). The fraction of sp³-hybridized carbons (Fsp3) is 0.167. The average Bonchev–Trinajstić information content (AvgIpc) is 3.39. The fourth-order valence-electron chi connectivity index (χ4n) is 2.80. The maximum absolute atomic E-state index is 12.2. The summed E-state index contributed by atoms with van der Waals surface area (Å²) in [5.74, 6) is -1.31. The zero-order valence-corrected chi connectivity index (χ0v) is 19.6. The minimum absolute atomic E-state index is 0.244. The third-order valence-corrected chi connectivity index (χ3v) is 5.32. The minimum Gasteiger partial charge on any atom is -0.493 e. The summed E-state index contributed by atoms with van der Waals surface area (Å²) in [5.41, 5.74) is 3.60. The van der Waals surface area contributed by atoms with Crippen molar-refractivity contribution in [2.24, 2.45) is 5.10 Å². The SMILES string of the molecule is CCOc1ccccc1NC(=O)C(=O)NN=C(C)c1ccc(OC(=O)c2cccs2)c(OC)c1. The second-order valence-electron chi connectivity index (χ2n) is 6.75. The van der Waals surface area contributed by atoms with Gasteiger partial charge in [-0.05, 0) is 55.6 Å². The molecule has 0 aliphatic rings. The van der Waals surface area contributed by atoms with E-state index in [9.17, 15) is 14.4 Å². The smallest absolute Gasteiger partial charge is 0.353 e. The number of para-hydroxylation sites is 2. The lowest BCUT2D eigenvalue weighted by Gasteiger charge is -2.11. The van der Waals surface area contributed by atoms with Crippen LogP contribution >= 0.6 is 11.3 Å². The third kappa shape index (κ3) is 6.20. The predicted molar refractivity (Wildman–Crippen MR) is 129 cm³/mol. The Balaban J connectivity index is 1.65. The lowest BCUT2D eigenvalue weighted by Crippen LogP contribution is -2.33. The molecule has 2 N–H and O–H groups in total. The van der Waals surface area contributed by atoms with Crippen molar-refractivity contribution < 1.29 is 28.6 Å². The number of hydrazone groups is 1. The van der Waals surface area contributed by atoms with Crippen LogP contribution in [0.5, 0.6) is 17.2 Å². The summed E-state index contributed by atoms with van der Waals surface area (Å²) in [6.07, 6.45) is 0. The number of esters is 1. The Morgan fingerprint density at radius 1 is 0.971 bits per heavy atom. The molecule has 2 amide bonds. The number of carbonyl (C=O) groups is 3. The number of benzene rings is 2. The molecule has 1 heterocycles. The molecule has 0 saturated heterocycles. The highest BCUT2D eigenvalue weighted by Gasteiger charge is 2.17. The molecule has 3 rings (SSSR count). The molecule has 1 aromatic heterocycles. The lowest BCUT2D eigenvalue weighted by atomic mass is 10.1. The second-order valence-corrected chi connectivity index (χ2v) is 7.70. The number of ether oxygens (including phenoxy) is 3. The van der Waals surface area contributed by atoms with Gasteiger partial charge >= 0.3 is 17.8 Å². The number of hydrogen-bond acceptors (Lipinski definition) is 8. The molecule has 176 valence electrons. The highest BCUT2D eigenvalue weighted by atomic mass is 32.1. The summed E-state index contributed by atoms with van der Waals surface area (Å²) in [6, 6.07) is 15.1. The van der Waals surface area contributed by atoms with Gasteiger partial charge in [0.2, 0.25) is 0 Å². The Morgan fingerprint density at radius 3 is 2.47 bits per heavy atom. The Bertz CT molecular complexity index is 1210. The van der Waals surface area contributed by atoms with E-state index in [2.05, 4.69) is 15.8 Å². The molecule has 10 heteroatoms. The van der Waals surface area contributed by atoms with E-state index < -0.39 is 17.8 Å². The number of rotatable bonds is 8. The molecule has 0 aliphatic carbocycles. The molecule has 0 atom stereocenters. The number of thiophene rings is 1. The van der Waals surface area contributed by atoms with Crippen molar-refractivity contribution in [3.8, 4) is 17.2 Å². The summed E-state index contributed by atoms with van der Waals surface area (Å²) in [4.78, 5) is 37.1. The van der Waals surface area contributed by atoms with Crippen molar-refractivity contribution >= 4 is 40.5 Å². The van der Waals surface area contributed by atoms with Crippen LogP contribution in [0.25, 0.3) is 0 Å². The zero-order chi connectivity index (χ0) is 24.5. The van der Waals surface area contributed by atoms with Crippen LogP contribution in [0, 0.1) is 0 Å². The monoisotopic (exact) mass is 481 g/mol. The molecule has 0 fully saturated rings. The third-order valence-electron chi connectivity index (χ3n) is 4.47. The zero-order valence-electron chi connectivity index (χ0n) is 18.8. The van der Waals surface area contributed by atoms with Gasteiger partial charge in [-0.25, -0.2) is 10.2 Å². The number of hydrogen-bond donors (Lipinski definition) is 2. The first-order valence-electron chi connectivity index (χ1n) is 10.2. The molecule has 0 radical (unpaired) electrons. The maximum Gasteiger partial charge on any atom is 0.353 e. The second kappa shape index (κ2) is 11.6. The van der Waals surface area contributed by atoms with Crippen molar-refractivity contribution in [3.63, 3.8) is 0 Å². The van der Waals surface area contributed by atoms with Crippen LogP contribution < -0.4 is 25.0 Å². The Labute approximate surface area is 200 Å².